The van der Waals surface area contributed by atoms with E-state index >= 15 is 0 Å². The molecule has 1 amide bonds. The number of hydrogen-bond acceptors (Lipinski definition) is 6. The fraction of sp³-hybridized carbons (Fsp3) is 0.667. The number of anilines is 2. The first-order chi connectivity index (χ1) is 8.91. The molecule has 0 spiro atoms. The standard InChI is InChI=1S/C12H20N4OS2/c1-7-8(2)18-6-5-16(7)11(17)9-10(13)14-12(19-9)15(3)4/h7-8H,5-6,13H2,1-4H3. The lowest BCUT2D eigenvalue weighted by atomic mass is 10.2. The van der Waals surface area contributed by atoms with Gasteiger partial charge in [0.05, 0.1) is 0 Å². The predicted octanol–water partition coefficient (Wildman–Crippen LogP) is 1.76. The van der Waals surface area contributed by atoms with E-state index in [0.717, 1.165) is 17.4 Å². The summed E-state index contributed by atoms with van der Waals surface area (Å²) < 4.78 is 0. The van der Waals surface area contributed by atoms with Gasteiger partial charge in [-0.15, -0.1) is 0 Å². The van der Waals surface area contributed by atoms with Crippen molar-refractivity contribution in [2.45, 2.75) is 25.1 Å². The van der Waals surface area contributed by atoms with Crippen LogP contribution in [0.4, 0.5) is 10.9 Å². The fourth-order valence-corrected chi connectivity index (χ4v) is 3.98. The molecule has 2 heterocycles. The van der Waals surface area contributed by atoms with Crippen molar-refractivity contribution >= 4 is 40.0 Å². The minimum Gasteiger partial charge on any atom is -0.382 e. The van der Waals surface area contributed by atoms with Gasteiger partial charge in [0.25, 0.3) is 5.91 Å². The Hall–Kier alpha value is -0.950. The van der Waals surface area contributed by atoms with Crippen LogP contribution in [-0.2, 0) is 0 Å². The molecule has 2 N–H and O–H groups in total. The van der Waals surface area contributed by atoms with Crippen molar-refractivity contribution in [2.75, 3.05) is 37.0 Å². The average Bonchev–Trinajstić information content (AvgIpc) is 2.74. The molecule has 1 aromatic heterocycles. The summed E-state index contributed by atoms with van der Waals surface area (Å²) in [6, 6.07) is 0.232. The Kier molecular flexibility index (Phi) is 4.25. The largest absolute Gasteiger partial charge is 0.382 e. The molecule has 0 saturated carbocycles. The summed E-state index contributed by atoms with van der Waals surface area (Å²) in [7, 11) is 3.80. The molecule has 0 aromatic carbocycles. The Morgan fingerprint density at radius 1 is 1.47 bits per heavy atom. The van der Waals surface area contributed by atoms with Gasteiger partial charge in [-0.3, -0.25) is 4.79 Å². The van der Waals surface area contributed by atoms with Gasteiger partial charge in [-0.25, -0.2) is 4.98 Å². The highest BCUT2D eigenvalue weighted by molar-refractivity contribution is 8.00. The second-order valence-corrected chi connectivity index (χ2v) is 7.38. The smallest absolute Gasteiger partial charge is 0.268 e. The number of hydrogen-bond donors (Lipinski definition) is 1. The molecule has 7 heteroatoms. The van der Waals surface area contributed by atoms with E-state index in [9.17, 15) is 4.79 Å². The fourth-order valence-electron chi connectivity index (χ4n) is 2.01. The van der Waals surface area contributed by atoms with Gasteiger partial charge in [0.15, 0.2) is 5.13 Å². The van der Waals surface area contributed by atoms with E-state index in [2.05, 4.69) is 18.8 Å². The summed E-state index contributed by atoms with van der Waals surface area (Å²) in [4.78, 5) is 21.2. The number of rotatable bonds is 2. The van der Waals surface area contributed by atoms with E-state index in [1.165, 1.54) is 11.3 Å². The molecular weight excluding hydrogens is 280 g/mol. The second-order valence-electron chi connectivity index (χ2n) is 4.92. The summed E-state index contributed by atoms with van der Waals surface area (Å²) in [5, 5.41) is 1.23. The monoisotopic (exact) mass is 300 g/mol. The molecule has 5 nitrogen and oxygen atoms in total. The van der Waals surface area contributed by atoms with Crippen LogP contribution in [0.25, 0.3) is 0 Å². The van der Waals surface area contributed by atoms with Crippen LogP contribution < -0.4 is 10.6 Å². The van der Waals surface area contributed by atoms with Gasteiger partial charge in [-0.05, 0) is 6.92 Å². The normalized spacial score (nSPS) is 23.5. The molecule has 2 rings (SSSR count). The molecule has 1 aromatic rings. The van der Waals surface area contributed by atoms with Crippen molar-refractivity contribution in [3.8, 4) is 0 Å². The number of nitrogens with zero attached hydrogens (tertiary/aromatic N) is 3. The SMILES string of the molecule is CC1SCCN(C(=O)c2sc(N(C)C)nc2N)C1C. The van der Waals surface area contributed by atoms with Gasteiger partial charge in [0.2, 0.25) is 0 Å². The predicted molar refractivity (Wildman–Crippen MR) is 83.3 cm³/mol. The highest BCUT2D eigenvalue weighted by Crippen LogP contribution is 2.31. The van der Waals surface area contributed by atoms with Crippen LogP contribution in [0, 0.1) is 0 Å². The molecule has 1 aliphatic heterocycles. The molecule has 106 valence electrons. The van der Waals surface area contributed by atoms with Crippen LogP contribution in [-0.4, -0.2) is 53.5 Å². The van der Waals surface area contributed by atoms with Gasteiger partial charge in [-0.1, -0.05) is 18.3 Å². The highest BCUT2D eigenvalue weighted by Gasteiger charge is 2.31. The first-order valence-electron chi connectivity index (χ1n) is 6.28. The third-order valence-electron chi connectivity index (χ3n) is 3.36. The van der Waals surface area contributed by atoms with Crippen molar-refractivity contribution in [1.82, 2.24) is 9.88 Å². The van der Waals surface area contributed by atoms with E-state index in [4.69, 9.17) is 5.73 Å². The van der Waals surface area contributed by atoms with E-state index in [-0.39, 0.29) is 11.9 Å². The first-order valence-corrected chi connectivity index (χ1v) is 8.14. The lowest BCUT2D eigenvalue weighted by Crippen LogP contribution is -2.47. The van der Waals surface area contributed by atoms with Crippen LogP contribution >= 0.6 is 23.1 Å². The number of amides is 1. The van der Waals surface area contributed by atoms with Crippen molar-refractivity contribution < 1.29 is 4.79 Å². The Labute approximate surface area is 122 Å². The Balaban J connectivity index is 2.23. The molecule has 2 atom stereocenters. The van der Waals surface area contributed by atoms with Gasteiger partial charge < -0.3 is 15.5 Å². The third kappa shape index (κ3) is 2.81. The Morgan fingerprint density at radius 2 is 2.16 bits per heavy atom. The topological polar surface area (TPSA) is 62.5 Å². The minimum atomic E-state index is 0.0164. The highest BCUT2D eigenvalue weighted by atomic mass is 32.2. The molecule has 2 unspecified atom stereocenters. The number of thiazole rings is 1. The number of carbonyl (C=O) groups excluding carboxylic acids is 1. The van der Waals surface area contributed by atoms with Crippen LogP contribution in [0.15, 0.2) is 0 Å². The van der Waals surface area contributed by atoms with Crippen LogP contribution in [0.3, 0.4) is 0 Å². The summed E-state index contributed by atoms with van der Waals surface area (Å²) in [6.07, 6.45) is 0. The van der Waals surface area contributed by atoms with Gasteiger partial charge in [0, 0.05) is 37.7 Å². The first kappa shape index (κ1) is 14.5. The molecule has 0 radical (unpaired) electrons. The molecule has 19 heavy (non-hydrogen) atoms. The maximum absolute atomic E-state index is 12.6. The molecular formula is C12H20N4OS2. The number of nitrogens with two attached hydrogens (primary N) is 1. The van der Waals surface area contributed by atoms with E-state index in [1.807, 2.05) is 35.7 Å². The van der Waals surface area contributed by atoms with Gasteiger partial charge in [-0.2, -0.15) is 11.8 Å². The van der Waals surface area contributed by atoms with Gasteiger partial charge >= 0.3 is 0 Å². The third-order valence-corrected chi connectivity index (χ3v) is 5.93. The Bertz CT molecular complexity index is 474. The molecule has 1 fully saturated rings. The maximum atomic E-state index is 12.6. The minimum absolute atomic E-state index is 0.0164. The van der Waals surface area contributed by atoms with Crippen LogP contribution in [0.5, 0.6) is 0 Å². The van der Waals surface area contributed by atoms with Crippen LogP contribution in [0.1, 0.15) is 23.5 Å². The summed E-state index contributed by atoms with van der Waals surface area (Å²) in [5.74, 6) is 1.34. The number of aromatic nitrogens is 1. The van der Waals surface area contributed by atoms with E-state index in [0.29, 0.717) is 15.9 Å². The van der Waals surface area contributed by atoms with E-state index in [1.54, 1.807) is 0 Å². The van der Waals surface area contributed by atoms with Crippen molar-refractivity contribution in [1.29, 1.82) is 0 Å². The van der Waals surface area contributed by atoms with Gasteiger partial charge in [0.1, 0.15) is 10.7 Å². The number of carbonyl (C=O) groups is 1. The Morgan fingerprint density at radius 3 is 2.74 bits per heavy atom. The zero-order valence-corrected chi connectivity index (χ0v) is 13.3. The summed E-state index contributed by atoms with van der Waals surface area (Å²) in [6.45, 7) is 5.04. The second kappa shape index (κ2) is 5.58. The maximum Gasteiger partial charge on any atom is 0.268 e. The molecule has 1 aliphatic rings. The van der Waals surface area contributed by atoms with Crippen LogP contribution in [0.2, 0.25) is 0 Å². The number of nitrogen functional groups attached to an aromatic ring is 1. The van der Waals surface area contributed by atoms with Crippen molar-refractivity contribution in [2.24, 2.45) is 0 Å². The average molecular weight is 300 g/mol. The van der Waals surface area contributed by atoms with E-state index < -0.39 is 0 Å². The number of thioether (sulfide) groups is 1. The summed E-state index contributed by atoms with van der Waals surface area (Å²) in [5.41, 5.74) is 5.89. The summed E-state index contributed by atoms with van der Waals surface area (Å²) >= 11 is 3.28. The molecule has 0 bridgehead atoms. The lowest BCUT2D eigenvalue weighted by molar-refractivity contribution is 0.0704. The molecule has 1 saturated heterocycles. The van der Waals surface area contributed by atoms with Crippen molar-refractivity contribution in [3.05, 3.63) is 4.88 Å². The zero-order valence-electron chi connectivity index (χ0n) is 11.7. The lowest BCUT2D eigenvalue weighted by Gasteiger charge is -2.37. The quantitative estimate of drug-likeness (QED) is 0.901. The zero-order chi connectivity index (χ0) is 14.2. The molecule has 0 aliphatic carbocycles. The van der Waals surface area contributed by atoms with Crippen molar-refractivity contribution in [3.63, 3.8) is 0 Å².